The molecule has 0 aliphatic heterocycles. The van der Waals surface area contributed by atoms with Gasteiger partial charge in [0.2, 0.25) is 11.7 Å². The van der Waals surface area contributed by atoms with Gasteiger partial charge in [-0.2, -0.15) is 16.3 Å². The second-order valence-corrected chi connectivity index (χ2v) is 5.98. The zero-order chi connectivity index (χ0) is 16.1. The highest BCUT2D eigenvalue weighted by molar-refractivity contribution is 7.07. The van der Waals surface area contributed by atoms with E-state index in [1.807, 2.05) is 24.4 Å². The van der Waals surface area contributed by atoms with E-state index in [4.69, 9.17) is 4.52 Å². The fourth-order valence-electron chi connectivity index (χ4n) is 2.33. The van der Waals surface area contributed by atoms with E-state index in [0.29, 0.717) is 18.3 Å². The van der Waals surface area contributed by atoms with Crippen molar-refractivity contribution in [1.29, 1.82) is 0 Å². The van der Waals surface area contributed by atoms with E-state index >= 15 is 0 Å². The van der Waals surface area contributed by atoms with Gasteiger partial charge in [-0.05, 0) is 41.4 Å². The van der Waals surface area contributed by atoms with Crippen LogP contribution in [-0.4, -0.2) is 38.3 Å². The lowest BCUT2D eigenvalue weighted by atomic mass is 10.2. The van der Waals surface area contributed by atoms with Crippen LogP contribution in [0.4, 0.5) is 0 Å². The summed E-state index contributed by atoms with van der Waals surface area (Å²) in [4.78, 5) is 10.7. The molecule has 0 radical (unpaired) electrons. The number of pyridine rings is 1. The first-order valence-corrected chi connectivity index (χ1v) is 8.32. The summed E-state index contributed by atoms with van der Waals surface area (Å²) >= 11 is 1.66. The molecule has 3 rings (SSSR count). The Labute approximate surface area is 138 Å². The van der Waals surface area contributed by atoms with Gasteiger partial charge in [-0.15, -0.1) is 0 Å². The molecule has 6 nitrogen and oxygen atoms in total. The van der Waals surface area contributed by atoms with Crippen LogP contribution in [0.25, 0.3) is 11.4 Å². The minimum atomic E-state index is -0.0834. The maximum atomic E-state index is 9.33. The minimum Gasteiger partial charge on any atom is -0.395 e. The van der Waals surface area contributed by atoms with Gasteiger partial charge < -0.3 is 9.63 Å². The first-order valence-electron chi connectivity index (χ1n) is 7.38. The molecule has 3 aromatic rings. The van der Waals surface area contributed by atoms with E-state index in [-0.39, 0.29) is 12.6 Å². The molecule has 1 atom stereocenters. The Hall–Kier alpha value is -2.09. The van der Waals surface area contributed by atoms with Crippen molar-refractivity contribution < 1.29 is 9.63 Å². The number of aliphatic hydroxyl groups is 1. The van der Waals surface area contributed by atoms with Crippen molar-refractivity contribution in [1.82, 2.24) is 20.0 Å². The summed E-state index contributed by atoms with van der Waals surface area (Å²) in [5.74, 6) is 1.06. The van der Waals surface area contributed by atoms with Crippen LogP contribution in [0.1, 0.15) is 24.4 Å². The smallest absolute Gasteiger partial charge is 0.244 e. The van der Waals surface area contributed by atoms with Gasteiger partial charge in [0.25, 0.3) is 0 Å². The van der Waals surface area contributed by atoms with E-state index in [0.717, 1.165) is 12.1 Å². The zero-order valence-electron chi connectivity index (χ0n) is 12.8. The molecule has 23 heavy (non-hydrogen) atoms. The van der Waals surface area contributed by atoms with Crippen molar-refractivity contribution in [3.8, 4) is 11.4 Å². The second kappa shape index (κ2) is 7.45. The Kier molecular flexibility index (Phi) is 5.12. The maximum absolute atomic E-state index is 9.33. The molecule has 0 fully saturated rings. The van der Waals surface area contributed by atoms with Crippen LogP contribution >= 0.6 is 11.3 Å². The minimum absolute atomic E-state index is 0.0814. The van der Waals surface area contributed by atoms with Crippen molar-refractivity contribution >= 4 is 11.3 Å². The van der Waals surface area contributed by atoms with Gasteiger partial charge in [0.05, 0.1) is 12.6 Å². The number of nitrogens with zero attached hydrogens (tertiary/aromatic N) is 4. The van der Waals surface area contributed by atoms with Crippen molar-refractivity contribution in [2.75, 3.05) is 13.2 Å². The van der Waals surface area contributed by atoms with Crippen LogP contribution < -0.4 is 0 Å². The van der Waals surface area contributed by atoms with Gasteiger partial charge >= 0.3 is 0 Å². The van der Waals surface area contributed by atoms with Gasteiger partial charge in [0.1, 0.15) is 0 Å². The summed E-state index contributed by atoms with van der Waals surface area (Å²) in [5, 5.41) is 17.5. The molecular formula is C16H18N4O2S. The van der Waals surface area contributed by atoms with Crippen LogP contribution in [-0.2, 0) is 6.54 Å². The Morgan fingerprint density at radius 3 is 3.00 bits per heavy atom. The van der Waals surface area contributed by atoms with Crippen LogP contribution in [0.3, 0.4) is 0 Å². The standard InChI is InChI=1S/C16H18N4O2S/c1-12(20(6-7-21)10-13-4-8-23-11-13)16-18-15(19-22-16)14-3-2-5-17-9-14/h2-5,8-9,11-12,21H,6-7,10H2,1H3/t12-/m0/s1. The van der Waals surface area contributed by atoms with Crippen molar-refractivity contribution in [3.05, 3.63) is 52.8 Å². The molecule has 0 aliphatic carbocycles. The van der Waals surface area contributed by atoms with E-state index in [1.54, 1.807) is 23.7 Å². The molecule has 0 aromatic carbocycles. The SMILES string of the molecule is C[C@@H](c1nc(-c2cccnc2)no1)N(CCO)Cc1ccsc1. The normalized spacial score (nSPS) is 12.7. The zero-order valence-corrected chi connectivity index (χ0v) is 13.6. The number of thiophene rings is 1. The summed E-state index contributed by atoms with van der Waals surface area (Å²) in [5.41, 5.74) is 2.03. The highest BCUT2D eigenvalue weighted by Gasteiger charge is 2.22. The average Bonchev–Trinajstić information content (AvgIpc) is 3.26. The quantitative estimate of drug-likeness (QED) is 0.718. The summed E-state index contributed by atoms with van der Waals surface area (Å²) in [6, 6.07) is 5.73. The predicted octanol–water partition coefficient (Wildman–Crippen LogP) is 2.75. The van der Waals surface area contributed by atoms with Crippen LogP contribution in [0, 0.1) is 0 Å². The summed E-state index contributed by atoms with van der Waals surface area (Å²) < 4.78 is 5.42. The van der Waals surface area contributed by atoms with E-state index < -0.39 is 0 Å². The molecule has 7 heteroatoms. The molecule has 0 spiro atoms. The third kappa shape index (κ3) is 3.82. The molecule has 0 saturated carbocycles. The monoisotopic (exact) mass is 330 g/mol. The summed E-state index contributed by atoms with van der Waals surface area (Å²) in [7, 11) is 0. The van der Waals surface area contributed by atoms with E-state index in [2.05, 4.69) is 31.5 Å². The highest BCUT2D eigenvalue weighted by atomic mass is 32.1. The Morgan fingerprint density at radius 2 is 2.30 bits per heavy atom. The fraction of sp³-hybridized carbons (Fsp3) is 0.312. The Balaban J connectivity index is 1.77. The molecular weight excluding hydrogens is 312 g/mol. The van der Waals surface area contributed by atoms with Crippen molar-refractivity contribution in [3.63, 3.8) is 0 Å². The number of hydrogen-bond acceptors (Lipinski definition) is 7. The van der Waals surface area contributed by atoms with E-state index in [9.17, 15) is 5.11 Å². The highest BCUT2D eigenvalue weighted by Crippen LogP contribution is 2.24. The number of aliphatic hydroxyl groups excluding tert-OH is 1. The van der Waals surface area contributed by atoms with Gasteiger partial charge in [0, 0.05) is 31.0 Å². The van der Waals surface area contributed by atoms with E-state index in [1.165, 1.54) is 5.56 Å². The third-order valence-corrected chi connectivity index (χ3v) is 4.35. The first kappa shape index (κ1) is 15.8. The van der Waals surface area contributed by atoms with Crippen molar-refractivity contribution in [2.45, 2.75) is 19.5 Å². The van der Waals surface area contributed by atoms with Gasteiger partial charge in [-0.1, -0.05) is 5.16 Å². The molecule has 0 saturated heterocycles. The molecule has 1 N–H and O–H groups in total. The Morgan fingerprint density at radius 1 is 1.39 bits per heavy atom. The third-order valence-electron chi connectivity index (χ3n) is 3.62. The topological polar surface area (TPSA) is 75.3 Å². The average molecular weight is 330 g/mol. The second-order valence-electron chi connectivity index (χ2n) is 5.20. The molecule has 0 amide bonds. The molecule has 0 aliphatic rings. The number of hydrogen-bond donors (Lipinski definition) is 1. The number of aromatic nitrogens is 3. The maximum Gasteiger partial charge on any atom is 0.244 e. The van der Waals surface area contributed by atoms with Crippen LogP contribution in [0.2, 0.25) is 0 Å². The molecule has 0 bridgehead atoms. The van der Waals surface area contributed by atoms with Crippen LogP contribution in [0.15, 0.2) is 45.9 Å². The lowest BCUT2D eigenvalue weighted by molar-refractivity contribution is 0.130. The predicted molar refractivity (Wildman–Crippen MR) is 87.8 cm³/mol. The molecule has 3 heterocycles. The summed E-state index contributed by atoms with van der Waals surface area (Å²) in [6.45, 7) is 3.36. The largest absolute Gasteiger partial charge is 0.395 e. The van der Waals surface area contributed by atoms with Crippen molar-refractivity contribution in [2.24, 2.45) is 0 Å². The van der Waals surface area contributed by atoms with Gasteiger partial charge in [-0.3, -0.25) is 9.88 Å². The summed E-state index contributed by atoms with van der Waals surface area (Å²) in [6.07, 6.45) is 3.41. The molecule has 120 valence electrons. The van der Waals surface area contributed by atoms with Gasteiger partial charge in [0.15, 0.2) is 0 Å². The van der Waals surface area contributed by atoms with Crippen LogP contribution in [0.5, 0.6) is 0 Å². The number of rotatable bonds is 7. The lowest BCUT2D eigenvalue weighted by Crippen LogP contribution is -2.29. The first-order chi connectivity index (χ1) is 11.3. The lowest BCUT2D eigenvalue weighted by Gasteiger charge is -2.25. The van der Waals surface area contributed by atoms with Gasteiger partial charge in [-0.25, -0.2) is 0 Å². The molecule has 3 aromatic heterocycles. The Bertz CT molecular complexity index is 715. The molecule has 0 unspecified atom stereocenters. The fourth-order valence-corrected chi connectivity index (χ4v) is 2.99.